The Hall–Kier alpha value is -3.19. The smallest absolute Gasteiger partial charge is 0.136 e. The number of nitrogens with one attached hydrogen (secondary N) is 4. The van der Waals surface area contributed by atoms with Gasteiger partial charge in [0.1, 0.15) is 11.0 Å². The van der Waals surface area contributed by atoms with Crippen molar-refractivity contribution in [1.82, 2.24) is 25.7 Å². The summed E-state index contributed by atoms with van der Waals surface area (Å²) in [5.41, 5.74) is 4.87. The van der Waals surface area contributed by atoms with E-state index in [1.807, 2.05) is 48.7 Å². The molecule has 4 N–H and O–H groups in total. The van der Waals surface area contributed by atoms with Crippen LogP contribution < -0.4 is 16.0 Å². The summed E-state index contributed by atoms with van der Waals surface area (Å²) in [4.78, 5) is 4.38. The minimum Gasteiger partial charge on any atom is -0.383 e. The number of aromatic amines is 1. The van der Waals surface area contributed by atoms with Crippen LogP contribution in [0.3, 0.4) is 0 Å². The molecule has 0 bridgehead atoms. The monoisotopic (exact) mass is 347 g/mol. The summed E-state index contributed by atoms with van der Waals surface area (Å²) in [6, 6.07) is 16.1. The van der Waals surface area contributed by atoms with E-state index in [0.717, 1.165) is 59.5 Å². The molecule has 0 unspecified atom stereocenters. The van der Waals surface area contributed by atoms with E-state index in [1.165, 1.54) is 0 Å². The normalized spacial score (nSPS) is 11.1. The molecule has 2 aromatic carbocycles. The van der Waals surface area contributed by atoms with Crippen LogP contribution in [0.25, 0.3) is 21.9 Å². The third kappa shape index (κ3) is 3.57. The van der Waals surface area contributed by atoms with E-state index in [2.05, 4.69) is 42.4 Å². The molecule has 0 radical (unpaired) electrons. The maximum atomic E-state index is 4.38. The van der Waals surface area contributed by atoms with Crippen molar-refractivity contribution in [3.8, 4) is 0 Å². The van der Waals surface area contributed by atoms with Crippen LogP contribution >= 0.6 is 0 Å². The molecule has 0 fully saturated rings. The molecule has 0 saturated carbocycles. The van der Waals surface area contributed by atoms with Crippen LogP contribution in [0.4, 0.5) is 11.4 Å². The van der Waals surface area contributed by atoms with Crippen molar-refractivity contribution < 1.29 is 0 Å². The molecule has 4 aromatic rings. The molecule has 2 heterocycles. The molecule has 2 aromatic heterocycles. The highest BCUT2D eigenvalue weighted by Crippen LogP contribution is 2.20. The highest BCUT2D eigenvalue weighted by atomic mass is 15.3. The Bertz CT molecular complexity index is 990. The number of benzene rings is 2. The number of nitrogens with zero attached hydrogens (tertiary/aromatic N) is 3. The van der Waals surface area contributed by atoms with Crippen LogP contribution in [-0.4, -0.2) is 46.6 Å². The molecule has 0 aliphatic rings. The summed E-state index contributed by atoms with van der Waals surface area (Å²) in [6.07, 6.45) is 1.84. The first-order valence-corrected chi connectivity index (χ1v) is 8.73. The number of H-pyrrole nitrogens is 1. The zero-order valence-corrected chi connectivity index (χ0v) is 14.4. The first kappa shape index (κ1) is 16.3. The van der Waals surface area contributed by atoms with E-state index in [-0.39, 0.29) is 0 Å². The number of para-hydroxylation sites is 2. The number of hydrogen-bond acceptors (Lipinski definition) is 6. The van der Waals surface area contributed by atoms with E-state index < -0.39 is 0 Å². The number of aromatic nitrogens is 4. The molecule has 0 saturated heterocycles. The number of fused-ring (bicyclic) bond motifs is 2. The molecule has 0 amide bonds. The molecular weight excluding hydrogens is 326 g/mol. The Kier molecular flexibility index (Phi) is 4.88. The predicted octanol–water partition coefficient (Wildman–Crippen LogP) is 2.62. The van der Waals surface area contributed by atoms with Crippen molar-refractivity contribution in [3.63, 3.8) is 0 Å². The SMILES string of the molecule is c1ccc2c(NCCNCCNc3cccc4n[nH]nc34)ccnc2c1. The van der Waals surface area contributed by atoms with E-state index in [1.54, 1.807) is 0 Å². The van der Waals surface area contributed by atoms with E-state index in [9.17, 15) is 0 Å². The van der Waals surface area contributed by atoms with Gasteiger partial charge in [-0.05, 0) is 24.3 Å². The summed E-state index contributed by atoms with van der Waals surface area (Å²) in [6.45, 7) is 3.43. The lowest BCUT2D eigenvalue weighted by Crippen LogP contribution is -2.27. The zero-order chi connectivity index (χ0) is 17.6. The first-order valence-electron chi connectivity index (χ1n) is 8.73. The number of anilines is 2. The molecule has 0 aliphatic heterocycles. The fourth-order valence-corrected chi connectivity index (χ4v) is 2.96. The van der Waals surface area contributed by atoms with Gasteiger partial charge in [0.2, 0.25) is 0 Å². The second-order valence-electron chi connectivity index (χ2n) is 5.98. The van der Waals surface area contributed by atoms with Gasteiger partial charge in [-0.1, -0.05) is 24.3 Å². The largest absolute Gasteiger partial charge is 0.383 e. The van der Waals surface area contributed by atoms with Crippen LogP contribution in [0, 0.1) is 0 Å². The third-order valence-corrected chi connectivity index (χ3v) is 4.23. The fourth-order valence-electron chi connectivity index (χ4n) is 2.96. The summed E-state index contributed by atoms with van der Waals surface area (Å²) >= 11 is 0. The molecular formula is C19H21N7. The predicted molar refractivity (Wildman–Crippen MR) is 105 cm³/mol. The van der Waals surface area contributed by atoms with Crippen molar-refractivity contribution in [2.24, 2.45) is 0 Å². The molecule has 26 heavy (non-hydrogen) atoms. The maximum Gasteiger partial charge on any atom is 0.136 e. The van der Waals surface area contributed by atoms with Gasteiger partial charge in [-0.3, -0.25) is 4.98 Å². The van der Waals surface area contributed by atoms with Crippen molar-refractivity contribution in [2.75, 3.05) is 36.8 Å². The van der Waals surface area contributed by atoms with Crippen LogP contribution in [0.1, 0.15) is 0 Å². The Morgan fingerprint density at radius 2 is 1.54 bits per heavy atom. The Labute approximate surface area is 151 Å². The van der Waals surface area contributed by atoms with Gasteiger partial charge < -0.3 is 16.0 Å². The molecule has 7 nitrogen and oxygen atoms in total. The second-order valence-corrected chi connectivity index (χ2v) is 5.98. The lowest BCUT2D eigenvalue weighted by molar-refractivity contribution is 0.719. The van der Waals surface area contributed by atoms with Gasteiger partial charge in [0.25, 0.3) is 0 Å². The summed E-state index contributed by atoms with van der Waals surface area (Å²) in [5, 5.41) is 22.4. The lowest BCUT2D eigenvalue weighted by atomic mass is 10.2. The van der Waals surface area contributed by atoms with Crippen LogP contribution in [0.15, 0.2) is 54.7 Å². The zero-order valence-electron chi connectivity index (χ0n) is 14.4. The topological polar surface area (TPSA) is 90.5 Å². The highest BCUT2D eigenvalue weighted by Gasteiger charge is 2.03. The maximum absolute atomic E-state index is 4.38. The van der Waals surface area contributed by atoms with E-state index in [4.69, 9.17) is 0 Å². The first-order chi connectivity index (χ1) is 12.9. The second kappa shape index (κ2) is 7.79. The molecule has 0 atom stereocenters. The Balaban J connectivity index is 1.20. The van der Waals surface area contributed by atoms with Gasteiger partial charge in [-0.25, -0.2) is 0 Å². The molecule has 132 valence electrons. The Morgan fingerprint density at radius 1 is 0.731 bits per heavy atom. The van der Waals surface area contributed by atoms with Gasteiger partial charge in [-0.15, -0.1) is 0 Å². The van der Waals surface area contributed by atoms with Crippen molar-refractivity contribution in [1.29, 1.82) is 0 Å². The molecule has 7 heteroatoms. The van der Waals surface area contributed by atoms with Gasteiger partial charge >= 0.3 is 0 Å². The summed E-state index contributed by atoms with van der Waals surface area (Å²) in [5.74, 6) is 0. The molecule has 0 spiro atoms. The summed E-state index contributed by atoms with van der Waals surface area (Å²) < 4.78 is 0. The average molecular weight is 347 g/mol. The van der Waals surface area contributed by atoms with Gasteiger partial charge in [0, 0.05) is 43.4 Å². The number of pyridine rings is 1. The van der Waals surface area contributed by atoms with E-state index >= 15 is 0 Å². The van der Waals surface area contributed by atoms with Gasteiger partial charge in [0.15, 0.2) is 0 Å². The number of rotatable bonds is 8. The van der Waals surface area contributed by atoms with Crippen molar-refractivity contribution >= 4 is 33.3 Å². The van der Waals surface area contributed by atoms with Crippen LogP contribution in [0.5, 0.6) is 0 Å². The van der Waals surface area contributed by atoms with Crippen molar-refractivity contribution in [2.45, 2.75) is 0 Å². The minimum atomic E-state index is 0.824. The van der Waals surface area contributed by atoms with Crippen LogP contribution in [-0.2, 0) is 0 Å². The quantitative estimate of drug-likeness (QED) is 0.366. The fraction of sp³-hybridized carbons (Fsp3) is 0.211. The van der Waals surface area contributed by atoms with E-state index in [0.29, 0.717) is 0 Å². The van der Waals surface area contributed by atoms with Gasteiger partial charge in [-0.2, -0.15) is 15.4 Å². The minimum absolute atomic E-state index is 0.824. The lowest BCUT2D eigenvalue weighted by Gasteiger charge is -2.11. The highest BCUT2D eigenvalue weighted by molar-refractivity contribution is 5.90. The third-order valence-electron chi connectivity index (χ3n) is 4.23. The van der Waals surface area contributed by atoms with Crippen molar-refractivity contribution in [3.05, 3.63) is 54.7 Å². The molecule has 4 rings (SSSR count). The van der Waals surface area contributed by atoms with Gasteiger partial charge in [0.05, 0.1) is 11.2 Å². The summed E-state index contributed by atoms with van der Waals surface area (Å²) in [7, 11) is 0. The number of hydrogen-bond donors (Lipinski definition) is 4. The molecule has 0 aliphatic carbocycles. The standard InChI is InChI=1S/C19H21N7/c1-2-5-15-14(4-1)16(8-9-21-15)22-12-10-20-11-13-23-17-6-3-7-18-19(17)25-26-24-18/h1-9,20,23H,10-13H2,(H,21,22)(H,24,25,26). The average Bonchev–Trinajstić information content (AvgIpc) is 3.17. The Morgan fingerprint density at radius 3 is 2.46 bits per heavy atom. The van der Waals surface area contributed by atoms with Crippen LogP contribution in [0.2, 0.25) is 0 Å².